The summed E-state index contributed by atoms with van der Waals surface area (Å²) in [5.74, 6) is -2.00. The Morgan fingerprint density at radius 3 is 2.57 bits per heavy atom. The summed E-state index contributed by atoms with van der Waals surface area (Å²) in [5, 5.41) is 0. The zero-order valence-electron chi connectivity index (χ0n) is 12.3. The minimum Gasteiger partial charge on any atom is -0.463 e. The van der Waals surface area contributed by atoms with Crippen LogP contribution in [0.5, 0.6) is 0 Å². The second kappa shape index (κ2) is 5.18. The van der Waals surface area contributed by atoms with Crippen LogP contribution in [-0.2, 0) is 28.6 Å². The van der Waals surface area contributed by atoms with E-state index in [0.717, 1.165) is 6.42 Å². The van der Waals surface area contributed by atoms with E-state index in [4.69, 9.17) is 9.47 Å². The van der Waals surface area contributed by atoms with Crippen molar-refractivity contribution in [2.24, 2.45) is 17.3 Å². The summed E-state index contributed by atoms with van der Waals surface area (Å²) in [6, 6.07) is 0. The van der Waals surface area contributed by atoms with Gasteiger partial charge >= 0.3 is 5.97 Å². The topological polar surface area (TPSA) is 78.9 Å². The second-order valence-corrected chi connectivity index (χ2v) is 5.99. The number of ketones is 2. The molecule has 116 valence electrons. The molecule has 6 heteroatoms. The fraction of sp³-hybridized carbons (Fsp3) is 0.800. The molecule has 1 aliphatic carbocycles. The number of rotatable bonds is 4. The van der Waals surface area contributed by atoms with Crippen LogP contribution in [0.15, 0.2) is 0 Å². The maximum absolute atomic E-state index is 12.6. The standard InChI is InChI=1S/C15H20O6/c1-3-15(11(17)9-5-7-21-13(9)15)12-8(4-6-20-12)10(16)14(18)19-2/h8-9,12-13H,3-7H2,1-2H3. The lowest BCUT2D eigenvalue weighted by Crippen LogP contribution is -2.67. The number of hydrogen-bond acceptors (Lipinski definition) is 6. The minimum atomic E-state index is -0.864. The molecule has 6 nitrogen and oxygen atoms in total. The van der Waals surface area contributed by atoms with E-state index in [1.807, 2.05) is 6.92 Å². The number of hydrogen-bond donors (Lipinski definition) is 0. The Bertz CT molecular complexity index is 487. The molecule has 0 aromatic heterocycles. The SMILES string of the molecule is CCC1(C2OCCC2C(=O)C(=O)OC)C(=O)C2CCOC21. The van der Waals surface area contributed by atoms with Gasteiger partial charge in [-0.25, -0.2) is 4.79 Å². The summed E-state index contributed by atoms with van der Waals surface area (Å²) in [6.45, 7) is 2.87. The van der Waals surface area contributed by atoms with Gasteiger partial charge < -0.3 is 14.2 Å². The Balaban J connectivity index is 1.88. The number of Topliss-reactive ketones (excluding diaryl/α,β-unsaturated/α-hetero) is 2. The third-order valence-electron chi connectivity index (χ3n) is 5.30. The molecule has 21 heavy (non-hydrogen) atoms. The summed E-state index contributed by atoms with van der Waals surface area (Å²) >= 11 is 0. The summed E-state index contributed by atoms with van der Waals surface area (Å²) in [6.07, 6.45) is 1.01. The van der Waals surface area contributed by atoms with Crippen LogP contribution in [0.2, 0.25) is 0 Å². The van der Waals surface area contributed by atoms with E-state index in [-0.39, 0.29) is 17.8 Å². The highest BCUT2D eigenvalue weighted by Crippen LogP contribution is 2.57. The highest BCUT2D eigenvalue weighted by atomic mass is 16.5. The maximum atomic E-state index is 12.6. The van der Waals surface area contributed by atoms with E-state index < -0.39 is 29.2 Å². The number of esters is 1. The molecule has 3 fully saturated rings. The summed E-state index contributed by atoms with van der Waals surface area (Å²) in [5.41, 5.74) is -0.772. The minimum absolute atomic E-state index is 0.0666. The van der Waals surface area contributed by atoms with Crippen molar-refractivity contribution in [3.05, 3.63) is 0 Å². The highest BCUT2D eigenvalue weighted by molar-refractivity contribution is 6.34. The molecule has 3 aliphatic rings. The van der Waals surface area contributed by atoms with Gasteiger partial charge in [-0.1, -0.05) is 6.92 Å². The summed E-state index contributed by atoms with van der Waals surface area (Å²) in [7, 11) is 1.19. The lowest BCUT2D eigenvalue weighted by Gasteiger charge is -2.52. The van der Waals surface area contributed by atoms with Gasteiger partial charge in [0.1, 0.15) is 5.78 Å². The van der Waals surface area contributed by atoms with Crippen LogP contribution < -0.4 is 0 Å². The predicted molar refractivity (Wildman–Crippen MR) is 70.4 cm³/mol. The van der Waals surface area contributed by atoms with Gasteiger partial charge in [0.05, 0.1) is 30.7 Å². The van der Waals surface area contributed by atoms with Crippen LogP contribution in [0.3, 0.4) is 0 Å². The van der Waals surface area contributed by atoms with Crippen molar-refractivity contribution in [1.29, 1.82) is 0 Å². The Hall–Kier alpha value is -1.27. The average molecular weight is 296 g/mol. The molecule has 2 aliphatic heterocycles. The third-order valence-corrected chi connectivity index (χ3v) is 5.30. The Morgan fingerprint density at radius 2 is 1.90 bits per heavy atom. The predicted octanol–water partition coefficient (Wildman–Crippen LogP) is 0.518. The van der Waals surface area contributed by atoms with Crippen molar-refractivity contribution in [2.75, 3.05) is 20.3 Å². The number of methoxy groups -OCH3 is 1. The largest absolute Gasteiger partial charge is 0.463 e. The van der Waals surface area contributed by atoms with Crippen LogP contribution in [0.1, 0.15) is 26.2 Å². The van der Waals surface area contributed by atoms with Crippen molar-refractivity contribution in [3.63, 3.8) is 0 Å². The van der Waals surface area contributed by atoms with Crippen molar-refractivity contribution in [3.8, 4) is 0 Å². The summed E-state index contributed by atoms with van der Waals surface area (Å²) < 4.78 is 16.0. The molecule has 0 N–H and O–H groups in total. The molecule has 0 aromatic rings. The van der Waals surface area contributed by atoms with Gasteiger partial charge in [0.25, 0.3) is 0 Å². The molecule has 0 bridgehead atoms. The van der Waals surface area contributed by atoms with E-state index in [0.29, 0.717) is 26.1 Å². The molecule has 5 unspecified atom stereocenters. The molecule has 2 heterocycles. The molecule has 0 amide bonds. The van der Waals surface area contributed by atoms with E-state index in [1.54, 1.807) is 0 Å². The van der Waals surface area contributed by atoms with Gasteiger partial charge in [0.15, 0.2) is 0 Å². The average Bonchev–Trinajstić information content (AvgIpc) is 3.14. The summed E-state index contributed by atoms with van der Waals surface area (Å²) in [4.78, 5) is 36.3. The van der Waals surface area contributed by atoms with Gasteiger partial charge in [0, 0.05) is 19.1 Å². The normalized spacial score (nSPS) is 41.5. The third kappa shape index (κ3) is 1.82. The fourth-order valence-electron chi connectivity index (χ4n) is 4.25. The van der Waals surface area contributed by atoms with Gasteiger partial charge in [-0.15, -0.1) is 0 Å². The van der Waals surface area contributed by atoms with Crippen LogP contribution in [0.4, 0.5) is 0 Å². The first kappa shape index (κ1) is 14.7. The van der Waals surface area contributed by atoms with E-state index in [2.05, 4.69) is 4.74 Å². The monoisotopic (exact) mass is 296 g/mol. The zero-order valence-corrected chi connectivity index (χ0v) is 12.3. The first-order valence-electron chi connectivity index (χ1n) is 7.47. The Morgan fingerprint density at radius 1 is 1.24 bits per heavy atom. The zero-order chi connectivity index (χ0) is 15.2. The number of ether oxygens (including phenoxy) is 3. The first-order valence-corrected chi connectivity index (χ1v) is 7.47. The molecule has 0 spiro atoms. The lowest BCUT2D eigenvalue weighted by atomic mass is 9.52. The van der Waals surface area contributed by atoms with E-state index >= 15 is 0 Å². The van der Waals surface area contributed by atoms with Crippen LogP contribution >= 0.6 is 0 Å². The number of carbonyl (C=O) groups is 3. The van der Waals surface area contributed by atoms with Gasteiger partial charge in [-0.2, -0.15) is 0 Å². The second-order valence-electron chi connectivity index (χ2n) is 5.99. The molecular weight excluding hydrogens is 276 g/mol. The Kier molecular flexibility index (Phi) is 3.61. The number of carbonyl (C=O) groups excluding carboxylic acids is 3. The number of fused-ring (bicyclic) bond motifs is 1. The van der Waals surface area contributed by atoms with Crippen molar-refractivity contribution >= 4 is 17.5 Å². The molecular formula is C15H20O6. The van der Waals surface area contributed by atoms with Crippen molar-refractivity contribution in [1.82, 2.24) is 0 Å². The van der Waals surface area contributed by atoms with Gasteiger partial charge in [-0.05, 0) is 19.3 Å². The van der Waals surface area contributed by atoms with Crippen LogP contribution in [-0.4, -0.2) is 50.1 Å². The fourth-order valence-corrected chi connectivity index (χ4v) is 4.25. The molecule has 2 saturated heterocycles. The van der Waals surface area contributed by atoms with Gasteiger partial charge in [0.2, 0.25) is 5.78 Å². The molecule has 0 radical (unpaired) electrons. The first-order chi connectivity index (χ1) is 10.1. The van der Waals surface area contributed by atoms with E-state index in [1.165, 1.54) is 7.11 Å². The van der Waals surface area contributed by atoms with Crippen LogP contribution in [0.25, 0.3) is 0 Å². The molecule has 0 aromatic carbocycles. The van der Waals surface area contributed by atoms with E-state index in [9.17, 15) is 14.4 Å². The smallest absolute Gasteiger partial charge is 0.374 e. The quantitative estimate of drug-likeness (QED) is 0.556. The maximum Gasteiger partial charge on any atom is 0.374 e. The van der Waals surface area contributed by atoms with Crippen molar-refractivity contribution in [2.45, 2.75) is 38.4 Å². The highest BCUT2D eigenvalue weighted by Gasteiger charge is 2.69. The molecule has 3 rings (SSSR count). The molecule has 5 atom stereocenters. The Labute approximate surface area is 123 Å². The van der Waals surface area contributed by atoms with Crippen molar-refractivity contribution < 1.29 is 28.6 Å². The molecule has 1 saturated carbocycles. The van der Waals surface area contributed by atoms with Crippen LogP contribution in [0, 0.1) is 17.3 Å². The van der Waals surface area contributed by atoms with Gasteiger partial charge in [-0.3, -0.25) is 9.59 Å². The lowest BCUT2D eigenvalue weighted by molar-refractivity contribution is -0.190.